The van der Waals surface area contributed by atoms with Crippen molar-refractivity contribution in [2.24, 2.45) is 0 Å². The van der Waals surface area contributed by atoms with Crippen molar-refractivity contribution in [3.63, 3.8) is 0 Å². The fourth-order valence-electron chi connectivity index (χ4n) is 0.636. The first kappa shape index (κ1) is 6.08. The Hall–Kier alpha value is -1.05. The van der Waals surface area contributed by atoms with Gasteiger partial charge >= 0.3 is 0 Å². The quantitative estimate of drug-likeness (QED) is 0.561. The SMILES string of the molecule is Cc1[c]ncc(C)c1O. The van der Waals surface area contributed by atoms with Crippen LogP contribution in [-0.2, 0) is 0 Å². The van der Waals surface area contributed by atoms with E-state index in [-0.39, 0.29) is 0 Å². The van der Waals surface area contributed by atoms with Crippen molar-refractivity contribution in [1.29, 1.82) is 0 Å². The van der Waals surface area contributed by atoms with Gasteiger partial charge in [0.25, 0.3) is 0 Å². The van der Waals surface area contributed by atoms with Gasteiger partial charge in [-0.25, -0.2) is 0 Å². The molecule has 0 spiro atoms. The Morgan fingerprint density at radius 1 is 1.56 bits per heavy atom. The van der Waals surface area contributed by atoms with E-state index in [1.165, 1.54) is 0 Å². The third kappa shape index (κ3) is 1.02. The zero-order valence-electron chi connectivity index (χ0n) is 5.47. The number of aryl methyl sites for hydroxylation is 2. The lowest BCUT2D eigenvalue weighted by atomic mass is 10.2. The van der Waals surface area contributed by atoms with E-state index < -0.39 is 0 Å². The van der Waals surface area contributed by atoms with Crippen molar-refractivity contribution in [1.82, 2.24) is 4.98 Å². The highest BCUT2D eigenvalue weighted by atomic mass is 16.3. The molecule has 1 radical (unpaired) electrons. The molecule has 0 aliphatic heterocycles. The van der Waals surface area contributed by atoms with E-state index in [2.05, 4.69) is 11.2 Å². The molecule has 0 atom stereocenters. The normalized spacial score (nSPS) is 9.56. The molecule has 0 saturated heterocycles. The van der Waals surface area contributed by atoms with Crippen LogP contribution in [0.25, 0.3) is 0 Å². The average molecular weight is 122 g/mol. The number of hydrogen-bond acceptors (Lipinski definition) is 2. The van der Waals surface area contributed by atoms with Gasteiger partial charge in [0.2, 0.25) is 0 Å². The van der Waals surface area contributed by atoms with Gasteiger partial charge in [-0.3, -0.25) is 4.98 Å². The van der Waals surface area contributed by atoms with Crippen LogP contribution in [0, 0.1) is 20.0 Å². The maximum absolute atomic E-state index is 9.14. The number of pyridine rings is 1. The predicted molar refractivity (Wildman–Crippen MR) is 34.2 cm³/mol. The van der Waals surface area contributed by atoms with Gasteiger partial charge in [0, 0.05) is 17.3 Å². The molecule has 0 fully saturated rings. The first-order chi connectivity index (χ1) is 4.22. The van der Waals surface area contributed by atoms with Gasteiger partial charge in [-0.1, -0.05) is 0 Å². The van der Waals surface area contributed by atoms with Crippen LogP contribution >= 0.6 is 0 Å². The molecule has 1 aromatic heterocycles. The fourth-order valence-corrected chi connectivity index (χ4v) is 0.636. The summed E-state index contributed by atoms with van der Waals surface area (Å²) in [4.78, 5) is 3.76. The number of aromatic hydroxyl groups is 1. The minimum atomic E-state index is 0.296. The van der Waals surface area contributed by atoms with Crippen LogP contribution in [0.1, 0.15) is 11.1 Å². The summed E-state index contributed by atoms with van der Waals surface area (Å²) in [5.74, 6) is 0.296. The molecular weight excluding hydrogens is 114 g/mol. The summed E-state index contributed by atoms with van der Waals surface area (Å²) in [5, 5.41) is 9.14. The highest BCUT2D eigenvalue weighted by Crippen LogP contribution is 2.17. The summed E-state index contributed by atoms with van der Waals surface area (Å²) in [6.07, 6.45) is 4.23. The Bertz CT molecular complexity index is 200. The predicted octanol–water partition coefficient (Wildman–Crippen LogP) is 1.20. The molecule has 0 unspecified atom stereocenters. The van der Waals surface area contributed by atoms with Crippen LogP contribution in [0.3, 0.4) is 0 Å². The highest BCUT2D eigenvalue weighted by Gasteiger charge is 1.97. The lowest BCUT2D eigenvalue weighted by molar-refractivity contribution is 0.465. The van der Waals surface area contributed by atoms with Crippen LogP contribution in [0.15, 0.2) is 6.20 Å². The molecule has 0 aromatic carbocycles. The topological polar surface area (TPSA) is 33.1 Å². The van der Waals surface area contributed by atoms with Crippen LogP contribution in [0.4, 0.5) is 0 Å². The van der Waals surface area contributed by atoms with Crippen molar-refractivity contribution >= 4 is 0 Å². The Morgan fingerprint density at radius 3 is 2.67 bits per heavy atom. The van der Waals surface area contributed by atoms with Crippen LogP contribution in [-0.4, -0.2) is 10.1 Å². The summed E-state index contributed by atoms with van der Waals surface area (Å²) in [6.45, 7) is 3.58. The maximum Gasteiger partial charge on any atom is 0.125 e. The van der Waals surface area contributed by atoms with Crippen molar-refractivity contribution in [3.05, 3.63) is 23.5 Å². The second kappa shape index (κ2) is 2.05. The number of rotatable bonds is 0. The lowest BCUT2D eigenvalue weighted by Crippen LogP contribution is -1.81. The van der Waals surface area contributed by atoms with E-state index in [1.54, 1.807) is 13.1 Å². The van der Waals surface area contributed by atoms with E-state index in [4.69, 9.17) is 5.11 Å². The Kier molecular flexibility index (Phi) is 1.39. The van der Waals surface area contributed by atoms with Crippen molar-refractivity contribution in [3.8, 4) is 5.75 Å². The molecule has 0 amide bonds. The fraction of sp³-hybridized carbons (Fsp3) is 0.286. The molecule has 1 aromatic rings. The van der Waals surface area contributed by atoms with Gasteiger partial charge in [-0.15, -0.1) is 0 Å². The van der Waals surface area contributed by atoms with Crippen LogP contribution < -0.4 is 0 Å². The molecule has 1 rings (SSSR count). The molecule has 47 valence electrons. The largest absolute Gasteiger partial charge is 0.507 e. The van der Waals surface area contributed by atoms with E-state index >= 15 is 0 Å². The molecule has 0 saturated carbocycles. The van der Waals surface area contributed by atoms with Crippen molar-refractivity contribution < 1.29 is 5.11 Å². The van der Waals surface area contributed by atoms with Gasteiger partial charge in [0.15, 0.2) is 0 Å². The molecule has 0 bridgehead atoms. The zero-order valence-corrected chi connectivity index (χ0v) is 5.47. The summed E-state index contributed by atoms with van der Waals surface area (Å²) in [5.41, 5.74) is 1.50. The van der Waals surface area contributed by atoms with E-state index in [0.29, 0.717) is 11.3 Å². The third-order valence-corrected chi connectivity index (χ3v) is 1.22. The minimum absolute atomic E-state index is 0.296. The Morgan fingerprint density at radius 2 is 2.22 bits per heavy atom. The van der Waals surface area contributed by atoms with Crippen LogP contribution in [0.5, 0.6) is 5.75 Å². The van der Waals surface area contributed by atoms with Gasteiger partial charge in [-0.2, -0.15) is 0 Å². The first-order valence-electron chi connectivity index (χ1n) is 2.74. The monoisotopic (exact) mass is 122 g/mol. The number of aromatic nitrogens is 1. The van der Waals surface area contributed by atoms with Gasteiger partial charge in [0.1, 0.15) is 5.75 Å². The lowest BCUT2D eigenvalue weighted by Gasteiger charge is -1.97. The summed E-state index contributed by atoms with van der Waals surface area (Å²) >= 11 is 0. The van der Waals surface area contributed by atoms with E-state index in [1.807, 2.05) is 6.92 Å². The molecule has 2 nitrogen and oxygen atoms in total. The summed E-state index contributed by atoms with van der Waals surface area (Å²) in [6, 6.07) is 0. The highest BCUT2D eigenvalue weighted by molar-refractivity contribution is 5.34. The van der Waals surface area contributed by atoms with Gasteiger partial charge < -0.3 is 5.11 Å². The maximum atomic E-state index is 9.14. The van der Waals surface area contributed by atoms with Crippen molar-refractivity contribution in [2.75, 3.05) is 0 Å². The second-order valence-corrected chi connectivity index (χ2v) is 2.03. The third-order valence-electron chi connectivity index (χ3n) is 1.22. The van der Waals surface area contributed by atoms with Gasteiger partial charge in [-0.05, 0) is 13.8 Å². The minimum Gasteiger partial charge on any atom is -0.507 e. The second-order valence-electron chi connectivity index (χ2n) is 2.03. The van der Waals surface area contributed by atoms with Crippen molar-refractivity contribution in [2.45, 2.75) is 13.8 Å². The standard InChI is InChI=1S/C7H8NO/c1-5-3-8-4-6(2)7(5)9/h3H,1-2H3,(H,8,9). The summed E-state index contributed by atoms with van der Waals surface area (Å²) < 4.78 is 0. The molecule has 1 N–H and O–H groups in total. The zero-order chi connectivity index (χ0) is 6.85. The molecule has 0 aliphatic carbocycles. The van der Waals surface area contributed by atoms with E-state index in [9.17, 15) is 0 Å². The Labute approximate surface area is 54.2 Å². The number of hydrogen-bond donors (Lipinski definition) is 1. The molecule has 2 heteroatoms. The van der Waals surface area contributed by atoms with Gasteiger partial charge in [0.05, 0.1) is 6.20 Å². The van der Waals surface area contributed by atoms with E-state index in [0.717, 1.165) is 5.56 Å². The summed E-state index contributed by atoms with van der Waals surface area (Å²) in [7, 11) is 0. The molecular formula is C7H8NO. The van der Waals surface area contributed by atoms with Crippen LogP contribution in [0.2, 0.25) is 0 Å². The first-order valence-corrected chi connectivity index (χ1v) is 2.74. The Balaban J connectivity index is 3.25. The average Bonchev–Trinajstić information content (AvgIpc) is 1.83. The molecule has 1 heterocycles. The number of nitrogens with zero attached hydrogens (tertiary/aromatic N) is 1. The smallest absolute Gasteiger partial charge is 0.125 e. The molecule has 9 heavy (non-hydrogen) atoms. The molecule has 0 aliphatic rings.